The van der Waals surface area contributed by atoms with Crippen LogP contribution in [0.3, 0.4) is 0 Å². The Bertz CT molecular complexity index is 2640. The fourth-order valence-electron chi connectivity index (χ4n) is 11.8. The molecule has 1 aromatic heterocycles. The zero-order chi connectivity index (χ0) is 70.1. The van der Waals surface area contributed by atoms with Crippen LogP contribution in [0, 0.1) is 41.4 Å². The maximum atomic E-state index is 15.4. The highest BCUT2D eigenvalue weighted by Crippen LogP contribution is 2.26. The van der Waals surface area contributed by atoms with Crippen LogP contribution < -0.4 is 21.3 Å². The lowest BCUT2D eigenvalue weighted by molar-refractivity contribution is -0.157. The first-order valence-electron chi connectivity index (χ1n) is 32.8. The first kappa shape index (κ1) is 80.4. The number of hydrogen-bond donors (Lipinski definition) is 5. The van der Waals surface area contributed by atoms with Crippen LogP contribution in [-0.2, 0) is 66.2 Å². The van der Waals surface area contributed by atoms with Gasteiger partial charge in [0.05, 0.1) is 11.8 Å². The molecule has 1 aliphatic heterocycles. The summed E-state index contributed by atoms with van der Waals surface area (Å²) in [6.07, 6.45) is 2.40. The van der Waals surface area contributed by atoms with Crippen molar-refractivity contribution in [2.24, 2.45) is 48.5 Å². The van der Waals surface area contributed by atoms with Crippen LogP contribution in [0.1, 0.15) is 168 Å². The summed E-state index contributed by atoms with van der Waals surface area (Å²) in [5, 5.41) is 28.0. The Balaban J connectivity index is 3.00. The van der Waals surface area contributed by atoms with Gasteiger partial charge in [-0.05, 0) is 120 Å². The van der Waals surface area contributed by atoms with Gasteiger partial charge in [-0.1, -0.05) is 96.9 Å². The van der Waals surface area contributed by atoms with Gasteiger partial charge in [-0.2, -0.15) is 5.10 Å². The molecular weight excluding hydrogens is 1170 g/mol. The number of carbonyl (C=O) groups excluding carboxylic acids is 11. The van der Waals surface area contributed by atoms with Crippen LogP contribution in [0.2, 0.25) is 0 Å². The second kappa shape index (κ2) is 36.0. The number of likely N-dealkylation sites (N-methyl/N-ethyl adjacent to an activating group) is 7. The van der Waals surface area contributed by atoms with Gasteiger partial charge in [0.15, 0.2) is 0 Å². The fourth-order valence-corrected chi connectivity index (χ4v) is 11.8. The number of aliphatic hydroxyl groups is 1. The smallest absolute Gasteiger partial charge is 0.246 e. The minimum atomic E-state index is -1.64. The van der Waals surface area contributed by atoms with Crippen molar-refractivity contribution in [2.75, 3.05) is 49.3 Å². The van der Waals surface area contributed by atoms with Crippen molar-refractivity contribution in [3.63, 3.8) is 0 Å². The van der Waals surface area contributed by atoms with Gasteiger partial charge in [0.2, 0.25) is 65.0 Å². The molecule has 2 rings (SSSR count). The van der Waals surface area contributed by atoms with Gasteiger partial charge in [0, 0.05) is 62.6 Å². The summed E-state index contributed by atoms with van der Waals surface area (Å²) in [5.74, 6) is -9.82. The molecule has 0 aliphatic carbocycles. The molecule has 25 heteroatoms. The minimum absolute atomic E-state index is 0.00722. The number of nitrogens with one attached hydrogen (secondary N) is 4. The molecule has 25 nitrogen and oxygen atoms in total. The second-order valence-corrected chi connectivity index (χ2v) is 28.0. The second-order valence-electron chi connectivity index (χ2n) is 28.0. The van der Waals surface area contributed by atoms with Gasteiger partial charge in [0.25, 0.3) is 0 Å². The van der Waals surface area contributed by atoms with Crippen LogP contribution >= 0.6 is 0 Å². The van der Waals surface area contributed by atoms with E-state index in [0.29, 0.717) is 19.3 Å². The van der Waals surface area contributed by atoms with Gasteiger partial charge >= 0.3 is 0 Å². The van der Waals surface area contributed by atoms with E-state index < -0.39 is 155 Å². The molecule has 0 unspecified atom stereocenters. The third-order valence-corrected chi connectivity index (χ3v) is 17.7. The summed E-state index contributed by atoms with van der Waals surface area (Å²) in [6.45, 7) is 29.7. The monoisotopic (exact) mass is 1280 g/mol. The Hall–Kier alpha value is -6.66. The average molecular weight is 1280 g/mol. The Labute approximate surface area is 543 Å². The number of carbonyl (C=O) groups is 11. The number of nitrogens with zero attached hydrogens (tertiary/aromatic N) is 9. The maximum absolute atomic E-state index is 15.4. The van der Waals surface area contributed by atoms with Crippen molar-refractivity contribution < 1.29 is 57.8 Å². The van der Waals surface area contributed by atoms with Crippen LogP contribution in [-0.4, -0.2) is 236 Å². The van der Waals surface area contributed by atoms with Gasteiger partial charge in [-0.25, -0.2) is 0 Å². The van der Waals surface area contributed by atoms with E-state index in [2.05, 4.69) is 26.4 Å². The molecule has 1 saturated heterocycles. The molecule has 11 amide bonds. The zero-order valence-corrected chi connectivity index (χ0v) is 59.7. The maximum Gasteiger partial charge on any atom is 0.246 e. The van der Waals surface area contributed by atoms with E-state index in [-0.39, 0.29) is 55.8 Å². The van der Waals surface area contributed by atoms with E-state index in [9.17, 15) is 38.7 Å². The van der Waals surface area contributed by atoms with E-state index in [0.717, 1.165) is 15.5 Å². The number of hydrogen-bond acceptors (Lipinski definition) is 13. The highest BCUT2D eigenvalue weighted by molar-refractivity contribution is 6.00. The van der Waals surface area contributed by atoms with Crippen molar-refractivity contribution >= 4 is 65.0 Å². The molecule has 1 aromatic rings. The van der Waals surface area contributed by atoms with Gasteiger partial charge < -0.3 is 60.7 Å². The van der Waals surface area contributed by atoms with Crippen molar-refractivity contribution in [3.8, 4) is 0 Å². The topological polar surface area (TPSA) is 297 Å². The molecule has 13 atom stereocenters. The quantitative estimate of drug-likeness (QED) is 0.150. The van der Waals surface area contributed by atoms with Crippen LogP contribution in [0.5, 0.6) is 0 Å². The highest BCUT2D eigenvalue weighted by Gasteiger charge is 2.46. The number of rotatable bonds is 17. The van der Waals surface area contributed by atoms with Crippen molar-refractivity contribution in [1.29, 1.82) is 0 Å². The van der Waals surface area contributed by atoms with Gasteiger partial charge in [-0.15, -0.1) is 0 Å². The largest absolute Gasteiger partial charge is 0.390 e. The molecule has 2 heterocycles. The first-order chi connectivity index (χ1) is 42.0. The van der Waals surface area contributed by atoms with E-state index in [1.165, 1.54) is 94.6 Å². The Morgan fingerprint density at radius 3 is 1.33 bits per heavy atom. The SMILES string of the molecule is CC[C@H]1NC(=O)[C@@H]([C@H](O)[C@H](C)CCCc2ccn(C)n2)N(C)C(=O)[C@@H](C(C)C)N(C)C(=O)[C@@H](CC(C)C)N(C)C(=O)[C@@H](CC(C)C)N(C)C(=O)[C@H](C)NC(=O)[C@@H](C)NC(=O)[C@@H](CC(C)C)N(C)C(=O)[C@@H](C(C)C)NC(=O)[C@H](CC(C)C)N(C)C(=O)[C@@H](C)N(C)C1=O. The standard InChI is InChI=1S/C66H117N13O12/c1-26-47-62(87)73(19)45(17)61(86)74(20)49(33-37(4)5)58(83)70-52(40(10)11)65(90)75(21)48(32-36(2)3)57(82)67-43(15)56(81)68-44(16)60(85)76(22)50(34-38(6)7)63(88)77(23)51(35-39(8)9)64(89)78(24)53(41(12)13)66(91)79(25)54(59(84)69-47)55(80)42(14)28-27-29-46-30-31-72(18)71-46/h30-31,36-45,47-55,80H,26-29,32-35H2,1-25H3,(H,67,82)(H,68,81)(H,69,84)(H,70,83)/t42-,43-,44+,45-,47-,48-,49+,50-,51-,52-,53-,54-,55-/m1/s1. The van der Waals surface area contributed by atoms with Crippen molar-refractivity contribution in [3.05, 3.63) is 18.0 Å². The summed E-state index contributed by atoms with van der Waals surface area (Å²) >= 11 is 0. The fraction of sp³-hybridized carbons (Fsp3) is 0.788. The molecule has 518 valence electrons. The first-order valence-corrected chi connectivity index (χ1v) is 32.8. The summed E-state index contributed by atoms with van der Waals surface area (Å²) in [7, 11) is 11.8. The van der Waals surface area contributed by atoms with Crippen molar-refractivity contribution in [2.45, 2.75) is 242 Å². The van der Waals surface area contributed by atoms with Gasteiger partial charge in [0.1, 0.15) is 66.5 Å². The minimum Gasteiger partial charge on any atom is -0.390 e. The highest BCUT2D eigenvalue weighted by atomic mass is 16.3. The van der Waals surface area contributed by atoms with E-state index >= 15 is 19.2 Å². The molecular formula is C66H117N13O12. The number of aryl methyl sites for hydroxylation is 2. The third kappa shape index (κ3) is 22.0. The predicted molar refractivity (Wildman–Crippen MR) is 350 cm³/mol. The van der Waals surface area contributed by atoms with E-state index in [1.807, 2.05) is 67.7 Å². The Morgan fingerprint density at radius 1 is 0.451 bits per heavy atom. The number of amides is 11. The molecule has 0 bridgehead atoms. The molecule has 0 aromatic carbocycles. The molecule has 91 heavy (non-hydrogen) atoms. The molecule has 1 fully saturated rings. The number of aromatic nitrogens is 2. The molecule has 1 aliphatic rings. The summed E-state index contributed by atoms with van der Waals surface area (Å²) in [5.41, 5.74) is 0.826. The lowest BCUT2D eigenvalue weighted by Crippen LogP contribution is -2.64. The Kier molecular flexibility index (Phi) is 31.8. The summed E-state index contributed by atoms with van der Waals surface area (Å²) < 4.78 is 1.68. The van der Waals surface area contributed by atoms with Crippen LogP contribution in [0.15, 0.2) is 12.3 Å². The lowest BCUT2D eigenvalue weighted by atomic mass is 9.90. The normalized spacial score (nSPS) is 26.7. The predicted octanol–water partition coefficient (Wildman–Crippen LogP) is 3.45. The summed E-state index contributed by atoms with van der Waals surface area (Å²) in [4.78, 5) is 171. The number of aliphatic hydroxyl groups excluding tert-OH is 1. The molecule has 0 radical (unpaired) electrons. The van der Waals surface area contributed by atoms with Crippen molar-refractivity contribution in [1.82, 2.24) is 65.3 Å². The van der Waals surface area contributed by atoms with E-state index in [4.69, 9.17) is 0 Å². The lowest BCUT2D eigenvalue weighted by Gasteiger charge is -2.41. The molecule has 0 spiro atoms. The van der Waals surface area contributed by atoms with Crippen LogP contribution in [0.4, 0.5) is 0 Å². The Morgan fingerprint density at radius 2 is 0.879 bits per heavy atom. The summed E-state index contributed by atoms with van der Waals surface area (Å²) in [6, 6.07) is -11.8. The van der Waals surface area contributed by atoms with Crippen LogP contribution in [0.25, 0.3) is 0 Å². The van der Waals surface area contributed by atoms with Gasteiger partial charge in [-0.3, -0.25) is 57.4 Å². The molecule has 0 saturated carbocycles. The zero-order valence-electron chi connectivity index (χ0n) is 59.7. The third-order valence-electron chi connectivity index (χ3n) is 17.7. The van der Waals surface area contributed by atoms with E-state index in [1.54, 1.807) is 53.3 Å². The average Bonchev–Trinajstić information content (AvgIpc) is 1.24. The molecule has 5 N–H and O–H groups in total.